The molecular formula is C7H13NO. The van der Waals surface area contributed by atoms with Crippen LogP contribution in [0.2, 0.25) is 0 Å². The monoisotopic (exact) mass is 127 g/mol. The van der Waals surface area contributed by atoms with Crippen LogP contribution in [0.1, 0.15) is 19.8 Å². The first-order valence-corrected chi connectivity index (χ1v) is 3.65. The Bertz CT molecular complexity index is 110. The van der Waals surface area contributed by atoms with Gasteiger partial charge in [0.2, 0.25) is 0 Å². The molecule has 1 aliphatic heterocycles. The van der Waals surface area contributed by atoms with E-state index in [0.29, 0.717) is 0 Å². The van der Waals surface area contributed by atoms with Gasteiger partial charge in [0.05, 0.1) is 12.3 Å². The number of hydrogen-bond acceptors (Lipinski definition) is 2. The molecule has 0 aromatic carbocycles. The fraction of sp³-hybridized carbons (Fsp3) is 1.00. The first-order chi connectivity index (χ1) is 4.31. The second-order valence-electron chi connectivity index (χ2n) is 3.41. The summed E-state index contributed by atoms with van der Waals surface area (Å²) in [5.74, 6) is 0.893. The van der Waals surface area contributed by atoms with E-state index in [1.807, 2.05) is 0 Å². The van der Waals surface area contributed by atoms with Gasteiger partial charge in [-0.05, 0) is 18.8 Å². The molecule has 1 spiro atoms. The minimum absolute atomic E-state index is 0.277. The summed E-state index contributed by atoms with van der Waals surface area (Å²) in [7, 11) is 0. The molecule has 1 saturated carbocycles. The van der Waals surface area contributed by atoms with Crippen molar-refractivity contribution in [2.45, 2.75) is 25.4 Å². The molecule has 2 rings (SSSR count). The molecule has 2 heteroatoms. The molecule has 1 saturated heterocycles. The van der Waals surface area contributed by atoms with Crippen LogP contribution in [0.3, 0.4) is 0 Å². The molecule has 1 heterocycles. The van der Waals surface area contributed by atoms with E-state index in [0.717, 1.165) is 19.2 Å². The molecule has 0 aromatic heterocycles. The molecule has 1 aliphatic carbocycles. The van der Waals surface area contributed by atoms with E-state index in [9.17, 15) is 0 Å². The Labute approximate surface area is 55.6 Å². The second-order valence-corrected chi connectivity index (χ2v) is 3.41. The average Bonchev–Trinajstić information content (AvgIpc) is 2.12. The predicted molar refractivity (Wildman–Crippen MR) is 35.1 cm³/mol. The minimum atomic E-state index is 0.277. The van der Waals surface area contributed by atoms with Crippen LogP contribution in [0.5, 0.6) is 0 Å². The topological polar surface area (TPSA) is 21.3 Å². The van der Waals surface area contributed by atoms with Crippen LogP contribution in [-0.2, 0) is 4.74 Å². The molecule has 2 fully saturated rings. The highest BCUT2D eigenvalue weighted by Gasteiger charge is 2.45. The highest BCUT2D eigenvalue weighted by molar-refractivity contribution is 4.97. The zero-order valence-corrected chi connectivity index (χ0v) is 5.81. The maximum atomic E-state index is 5.54. The van der Waals surface area contributed by atoms with E-state index in [-0.39, 0.29) is 5.60 Å². The van der Waals surface area contributed by atoms with Gasteiger partial charge >= 0.3 is 0 Å². The Kier molecular flexibility index (Phi) is 1.08. The molecule has 1 N–H and O–H groups in total. The highest BCUT2D eigenvalue weighted by Crippen LogP contribution is 2.41. The standard InChI is InChI=1S/C7H13NO/c1-6-2-7(3-6)4-8-5-9-7/h6,8H,2-5H2,1H3. The van der Waals surface area contributed by atoms with Crippen molar-refractivity contribution >= 4 is 0 Å². The first kappa shape index (κ1) is 5.69. The van der Waals surface area contributed by atoms with E-state index < -0.39 is 0 Å². The lowest BCUT2D eigenvalue weighted by atomic mass is 9.72. The van der Waals surface area contributed by atoms with E-state index in [1.54, 1.807) is 0 Å². The zero-order valence-electron chi connectivity index (χ0n) is 5.81. The van der Waals surface area contributed by atoms with E-state index in [1.165, 1.54) is 12.8 Å². The fourth-order valence-electron chi connectivity index (χ4n) is 2.01. The van der Waals surface area contributed by atoms with E-state index in [4.69, 9.17) is 4.74 Å². The summed E-state index contributed by atoms with van der Waals surface area (Å²) in [6, 6.07) is 0. The van der Waals surface area contributed by atoms with Crippen molar-refractivity contribution in [1.82, 2.24) is 5.32 Å². The summed E-state index contributed by atoms with van der Waals surface area (Å²) in [5, 5.41) is 3.21. The van der Waals surface area contributed by atoms with E-state index in [2.05, 4.69) is 12.2 Å². The molecule has 9 heavy (non-hydrogen) atoms. The molecule has 0 amide bonds. The van der Waals surface area contributed by atoms with Crippen LogP contribution in [0.15, 0.2) is 0 Å². The van der Waals surface area contributed by atoms with Crippen molar-refractivity contribution in [3.05, 3.63) is 0 Å². The van der Waals surface area contributed by atoms with Crippen LogP contribution >= 0.6 is 0 Å². The Morgan fingerprint density at radius 2 is 2.33 bits per heavy atom. The molecule has 2 aliphatic rings. The Morgan fingerprint density at radius 1 is 1.56 bits per heavy atom. The molecule has 0 aromatic rings. The molecule has 52 valence electrons. The molecule has 0 unspecified atom stereocenters. The number of rotatable bonds is 0. The van der Waals surface area contributed by atoms with Crippen molar-refractivity contribution < 1.29 is 4.74 Å². The van der Waals surface area contributed by atoms with Gasteiger partial charge < -0.3 is 4.74 Å². The quantitative estimate of drug-likeness (QED) is 0.518. The van der Waals surface area contributed by atoms with Gasteiger partial charge in [0, 0.05) is 6.54 Å². The maximum absolute atomic E-state index is 5.54. The maximum Gasteiger partial charge on any atom is 0.0974 e. The summed E-state index contributed by atoms with van der Waals surface area (Å²) in [4.78, 5) is 0. The SMILES string of the molecule is CC1CC2(CNCO2)C1. The van der Waals surface area contributed by atoms with Gasteiger partial charge in [-0.15, -0.1) is 0 Å². The molecule has 0 radical (unpaired) electrons. The van der Waals surface area contributed by atoms with Crippen molar-refractivity contribution in [2.24, 2.45) is 5.92 Å². The summed E-state index contributed by atoms with van der Waals surface area (Å²) < 4.78 is 5.54. The average molecular weight is 127 g/mol. The molecular weight excluding hydrogens is 114 g/mol. The fourth-order valence-corrected chi connectivity index (χ4v) is 2.01. The number of nitrogens with one attached hydrogen (secondary N) is 1. The lowest BCUT2D eigenvalue weighted by Crippen LogP contribution is -2.45. The van der Waals surface area contributed by atoms with Crippen molar-refractivity contribution in [3.8, 4) is 0 Å². The van der Waals surface area contributed by atoms with Crippen molar-refractivity contribution in [1.29, 1.82) is 0 Å². The Hall–Kier alpha value is -0.0800. The number of hydrogen-bond donors (Lipinski definition) is 1. The largest absolute Gasteiger partial charge is 0.359 e. The third kappa shape index (κ3) is 0.775. The Morgan fingerprint density at radius 3 is 2.78 bits per heavy atom. The highest BCUT2D eigenvalue weighted by atomic mass is 16.5. The lowest BCUT2D eigenvalue weighted by Gasteiger charge is -2.41. The first-order valence-electron chi connectivity index (χ1n) is 3.65. The van der Waals surface area contributed by atoms with E-state index >= 15 is 0 Å². The van der Waals surface area contributed by atoms with Crippen molar-refractivity contribution in [3.63, 3.8) is 0 Å². The van der Waals surface area contributed by atoms with Crippen LogP contribution in [0.25, 0.3) is 0 Å². The number of ether oxygens (including phenoxy) is 1. The summed E-state index contributed by atoms with van der Waals surface area (Å²) >= 11 is 0. The van der Waals surface area contributed by atoms with Gasteiger partial charge in [0.25, 0.3) is 0 Å². The van der Waals surface area contributed by atoms with Crippen LogP contribution in [-0.4, -0.2) is 18.9 Å². The van der Waals surface area contributed by atoms with Crippen molar-refractivity contribution in [2.75, 3.05) is 13.3 Å². The summed E-state index contributed by atoms with van der Waals surface area (Å²) in [6.45, 7) is 4.14. The zero-order chi connectivity index (χ0) is 6.32. The smallest absolute Gasteiger partial charge is 0.0974 e. The Balaban J connectivity index is 1.95. The normalized spacial score (nSPS) is 49.7. The third-order valence-electron chi connectivity index (χ3n) is 2.37. The van der Waals surface area contributed by atoms with Gasteiger partial charge in [-0.1, -0.05) is 6.92 Å². The molecule has 2 nitrogen and oxygen atoms in total. The summed E-state index contributed by atoms with van der Waals surface area (Å²) in [5.41, 5.74) is 0.277. The van der Waals surface area contributed by atoms with Crippen LogP contribution in [0.4, 0.5) is 0 Å². The molecule has 0 bridgehead atoms. The summed E-state index contributed by atoms with van der Waals surface area (Å²) in [6.07, 6.45) is 2.53. The van der Waals surface area contributed by atoms with Crippen LogP contribution < -0.4 is 5.32 Å². The van der Waals surface area contributed by atoms with Gasteiger partial charge in [-0.2, -0.15) is 0 Å². The molecule has 0 atom stereocenters. The predicted octanol–water partition coefficient (Wildman–Crippen LogP) is 0.732. The lowest BCUT2D eigenvalue weighted by molar-refractivity contribution is -0.0777. The van der Waals surface area contributed by atoms with Gasteiger partial charge in [0.15, 0.2) is 0 Å². The van der Waals surface area contributed by atoms with Gasteiger partial charge in [-0.25, -0.2) is 0 Å². The second kappa shape index (κ2) is 1.70. The van der Waals surface area contributed by atoms with Gasteiger partial charge in [-0.3, -0.25) is 5.32 Å². The van der Waals surface area contributed by atoms with Crippen LogP contribution in [0, 0.1) is 5.92 Å². The third-order valence-corrected chi connectivity index (χ3v) is 2.37. The minimum Gasteiger partial charge on any atom is -0.359 e. The van der Waals surface area contributed by atoms with Gasteiger partial charge in [0.1, 0.15) is 0 Å².